The van der Waals surface area contributed by atoms with Crippen LogP contribution in [-0.4, -0.2) is 34.8 Å². The van der Waals surface area contributed by atoms with Crippen LogP contribution >= 0.6 is 35.1 Å². The zero-order chi connectivity index (χ0) is 15.2. The molecule has 1 aromatic heterocycles. The molecule has 0 atom stereocenters. The van der Waals surface area contributed by atoms with E-state index in [-0.39, 0.29) is 0 Å². The van der Waals surface area contributed by atoms with Crippen molar-refractivity contribution in [3.63, 3.8) is 0 Å². The summed E-state index contributed by atoms with van der Waals surface area (Å²) in [6.07, 6.45) is 3.50. The van der Waals surface area contributed by atoms with Crippen molar-refractivity contribution < 1.29 is 4.42 Å². The van der Waals surface area contributed by atoms with E-state index in [2.05, 4.69) is 21.2 Å². The average Bonchev–Trinajstić information content (AvgIpc) is 3.19. The molecular weight excluding hydrogens is 338 g/mol. The normalized spacial score (nSPS) is 14.7. The number of nitrogens with zero attached hydrogens (tertiary/aromatic N) is 3. The predicted octanol–water partition coefficient (Wildman–Crippen LogP) is 4.60. The second kappa shape index (κ2) is 8.13. The summed E-state index contributed by atoms with van der Waals surface area (Å²) in [5.41, 5.74) is 0. The first-order valence-electron chi connectivity index (χ1n) is 7.41. The topological polar surface area (TPSA) is 42.2 Å². The van der Waals surface area contributed by atoms with Crippen molar-refractivity contribution in [3.05, 3.63) is 29.3 Å². The first-order valence-corrected chi connectivity index (χ1v) is 9.76. The molecule has 0 bridgehead atoms. The molecule has 2 heterocycles. The monoisotopic (exact) mass is 355 g/mol. The summed E-state index contributed by atoms with van der Waals surface area (Å²) < 4.78 is 5.69. The molecule has 0 aliphatic carbocycles. The van der Waals surface area contributed by atoms with Gasteiger partial charge in [0.15, 0.2) is 0 Å². The molecule has 118 valence electrons. The lowest BCUT2D eigenvalue weighted by Crippen LogP contribution is -2.17. The van der Waals surface area contributed by atoms with Gasteiger partial charge in [0.05, 0.1) is 5.02 Å². The highest BCUT2D eigenvalue weighted by atomic mass is 35.5. The Balaban J connectivity index is 1.37. The van der Waals surface area contributed by atoms with E-state index in [1.807, 2.05) is 18.2 Å². The number of anilines is 1. The van der Waals surface area contributed by atoms with Crippen LogP contribution in [0.2, 0.25) is 5.02 Å². The van der Waals surface area contributed by atoms with Crippen LogP contribution in [0, 0.1) is 0 Å². The standard InChI is InChI=1S/C15H18ClN3OS2/c16-12-6-1-2-7-13(12)21-10-5-11-22-15-18-17-14(20-15)19-8-3-4-9-19/h1-2,6-7H,3-5,8-11H2. The van der Waals surface area contributed by atoms with Gasteiger partial charge in [0.25, 0.3) is 5.22 Å². The van der Waals surface area contributed by atoms with Crippen LogP contribution in [0.25, 0.3) is 0 Å². The van der Waals surface area contributed by atoms with Crippen LogP contribution in [0.15, 0.2) is 38.8 Å². The van der Waals surface area contributed by atoms with Crippen molar-refractivity contribution in [1.82, 2.24) is 10.2 Å². The fourth-order valence-corrected chi connectivity index (χ4v) is 4.33. The molecule has 22 heavy (non-hydrogen) atoms. The molecule has 0 N–H and O–H groups in total. The van der Waals surface area contributed by atoms with E-state index >= 15 is 0 Å². The van der Waals surface area contributed by atoms with Gasteiger partial charge in [-0.2, -0.15) is 0 Å². The maximum atomic E-state index is 6.13. The number of hydrogen-bond donors (Lipinski definition) is 0. The van der Waals surface area contributed by atoms with Crippen LogP contribution in [-0.2, 0) is 0 Å². The molecule has 3 rings (SSSR count). The molecule has 2 aromatic rings. The zero-order valence-corrected chi connectivity index (χ0v) is 14.6. The Morgan fingerprint density at radius 2 is 1.86 bits per heavy atom. The predicted molar refractivity (Wildman–Crippen MR) is 93.3 cm³/mol. The Bertz CT molecular complexity index is 602. The molecule has 1 saturated heterocycles. The maximum Gasteiger partial charge on any atom is 0.318 e. The number of rotatable bonds is 7. The van der Waals surface area contributed by atoms with E-state index in [0.29, 0.717) is 11.2 Å². The minimum atomic E-state index is 0.671. The largest absolute Gasteiger partial charge is 0.398 e. The van der Waals surface area contributed by atoms with Gasteiger partial charge < -0.3 is 9.32 Å². The third-order valence-electron chi connectivity index (χ3n) is 3.38. The van der Waals surface area contributed by atoms with Gasteiger partial charge in [-0.1, -0.05) is 45.7 Å². The van der Waals surface area contributed by atoms with Crippen molar-refractivity contribution >= 4 is 41.1 Å². The van der Waals surface area contributed by atoms with Gasteiger partial charge in [0.2, 0.25) is 0 Å². The fourth-order valence-electron chi connectivity index (χ4n) is 2.26. The van der Waals surface area contributed by atoms with E-state index in [1.54, 1.807) is 23.5 Å². The van der Waals surface area contributed by atoms with Gasteiger partial charge in [0, 0.05) is 23.7 Å². The number of hydrogen-bond acceptors (Lipinski definition) is 6. The van der Waals surface area contributed by atoms with Gasteiger partial charge >= 0.3 is 6.01 Å². The summed E-state index contributed by atoms with van der Waals surface area (Å²) in [6, 6.07) is 8.62. The summed E-state index contributed by atoms with van der Waals surface area (Å²) in [5, 5.41) is 9.73. The van der Waals surface area contributed by atoms with Crippen molar-refractivity contribution in [1.29, 1.82) is 0 Å². The Labute approximate surface area is 144 Å². The molecular formula is C15H18ClN3OS2. The molecule has 0 unspecified atom stereocenters. The minimum Gasteiger partial charge on any atom is -0.398 e. The van der Waals surface area contributed by atoms with Gasteiger partial charge in [0.1, 0.15) is 0 Å². The molecule has 0 amide bonds. The number of benzene rings is 1. The van der Waals surface area contributed by atoms with Gasteiger partial charge in [-0.3, -0.25) is 0 Å². The van der Waals surface area contributed by atoms with E-state index < -0.39 is 0 Å². The van der Waals surface area contributed by atoms with Crippen molar-refractivity contribution in [3.8, 4) is 0 Å². The summed E-state index contributed by atoms with van der Waals surface area (Å²) >= 11 is 9.55. The second-order valence-corrected chi connectivity index (χ2v) is 7.62. The quantitative estimate of drug-likeness (QED) is 0.534. The van der Waals surface area contributed by atoms with Crippen LogP contribution < -0.4 is 4.90 Å². The molecule has 4 nitrogen and oxygen atoms in total. The number of aromatic nitrogens is 2. The SMILES string of the molecule is Clc1ccccc1SCCCSc1nnc(N2CCCC2)o1. The van der Waals surface area contributed by atoms with E-state index in [1.165, 1.54) is 12.8 Å². The van der Waals surface area contributed by atoms with Gasteiger partial charge in [-0.15, -0.1) is 11.8 Å². The van der Waals surface area contributed by atoms with Crippen molar-refractivity contribution in [2.24, 2.45) is 0 Å². The van der Waals surface area contributed by atoms with Crippen LogP contribution in [0.1, 0.15) is 19.3 Å². The highest BCUT2D eigenvalue weighted by molar-refractivity contribution is 8.00. The first-order chi connectivity index (χ1) is 10.8. The Kier molecular flexibility index (Phi) is 5.92. The second-order valence-electron chi connectivity index (χ2n) is 5.03. The highest BCUT2D eigenvalue weighted by Gasteiger charge is 2.18. The molecule has 7 heteroatoms. The molecule has 0 spiro atoms. The van der Waals surface area contributed by atoms with Crippen molar-refractivity contribution in [2.45, 2.75) is 29.4 Å². The summed E-state index contributed by atoms with van der Waals surface area (Å²) in [6.45, 7) is 2.06. The molecule has 1 aliphatic heterocycles. The third-order valence-corrected chi connectivity index (χ3v) is 5.89. The summed E-state index contributed by atoms with van der Waals surface area (Å²) in [5.74, 6) is 2.00. The Hall–Kier alpha value is -0.850. The minimum absolute atomic E-state index is 0.671. The molecule has 1 fully saturated rings. The Morgan fingerprint density at radius 1 is 1.09 bits per heavy atom. The number of thioether (sulfide) groups is 2. The fraction of sp³-hybridized carbons (Fsp3) is 0.467. The molecule has 0 radical (unpaired) electrons. The van der Waals surface area contributed by atoms with E-state index in [9.17, 15) is 0 Å². The highest BCUT2D eigenvalue weighted by Crippen LogP contribution is 2.28. The Morgan fingerprint density at radius 3 is 2.68 bits per heavy atom. The molecule has 1 aliphatic rings. The van der Waals surface area contributed by atoms with E-state index in [0.717, 1.165) is 40.9 Å². The summed E-state index contributed by atoms with van der Waals surface area (Å²) in [7, 11) is 0. The average molecular weight is 356 g/mol. The number of halogens is 1. The van der Waals surface area contributed by atoms with Crippen LogP contribution in [0.5, 0.6) is 0 Å². The van der Waals surface area contributed by atoms with Gasteiger partial charge in [-0.05, 0) is 37.1 Å². The lowest BCUT2D eigenvalue weighted by molar-refractivity contribution is 0.452. The third kappa shape index (κ3) is 4.33. The maximum absolute atomic E-state index is 6.13. The lowest BCUT2D eigenvalue weighted by atomic mass is 10.4. The van der Waals surface area contributed by atoms with Crippen molar-refractivity contribution in [2.75, 3.05) is 29.5 Å². The summed E-state index contributed by atoms with van der Waals surface area (Å²) in [4.78, 5) is 3.30. The van der Waals surface area contributed by atoms with E-state index in [4.69, 9.17) is 16.0 Å². The first kappa shape index (κ1) is 16.0. The molecule has 0 saturated carbocycles. The van der Waals surface area contributed by atoms with Crippen LogP contribution in [0.4, 0.5) is 6.01 Å². The smallest absolute Gasteiger partial charge is 0.318 e. The lowest BCUT2D eigenvalue weighted by Gasteiger charge is -2.09. The van der Waals surface area contributed by atoms with Gasteiger partial charge in [-0.25, -0.2) is 0 Å². The molecule has 1 aromatic carbocycles. The zero-order valence-electron chi connectivity index (χ0n) is 12.2. The van der Waals surface area contributed by atoms with Crippen LogP contribution in [0.3, 0.4) is 0 Å².